The van der Waals surface area contributed by atoms with Gasteiger partial charge in [-0.1, -0.05) is 39.5 Å². The maximum Gasteiger partial charge on any atom is 0.410 e. The first-order valence-electron chi connectivity index (χ1n) is 8.83. The SMILES string of the molecule is CCC1CCCC2CN(C(=O)OC(C)(C)C)CC2C1CC. The van der Waals surface area contributed by atoms with Crippen LogP contribution >= 0.6 is 0 Å². The molecule has 122 valence electrons. The molecule has 3 nitrogen and oxygen atoms in total. The molecule has 0 aromatic heterocycles. The van der Waals surface area contributed by atoms with Gasteiger partial charge in [0.2, 0.25) is 0 Å². The molecular formula is C18H33NO2. The van der Waals surface area contributed by atoms with Gasteiger partial charge in [-0.25, -0.2) is 4.79 Å². The normalized spacial score (nSPS) is 33.5. The Morgan fingerprint density at radius 3 is 2.43 bits per heavy atom. The standard InChI is InChI=1S/C18H33NO2/c1-6-13-9-8-10-14-11-19(12-16(14)15(13)7-2)17(20)21-18(3,4)5/h13-16H,6-12H2,1-5H3. The van der Waals surface area contributed by atoms with E-state index < -0.39 is 5.60 Å². The molecule has 1 aliphatic heterocycles. The molecule has 2 aliphatic rings. The van der Waals surface area contributed by atoms with Gasteiger partial charge in [0.1, 0.15) is 5.60 Å². The number of amides is 1. The van der Waals surface area contributed by atoms with Crippen molar-refractivity contribution >= 4 is 6.09 Å². The molecule has 3 heteroatoms. The van der Waals surface area contributed by atoms with Crippen molar-refractivity contribution < 1.29 is 9.53 Å². The van der Waals surface area contributed by atoms with Crippen LogP contribution in [0.25, 0.3) is 0 Å². The highest BCUT2D eigenvalue weighted by Gasteiger charge is 2.43. The molecule has 21 heavy (non-hydrogen) atoms. The molecule has 0 N–H and O–H groups in total. The third kappa shape index (κ3) is 3.92. The summed E-state index contributed by atoms with van der Waals surface area (Å²) in [5.74, 6) is 3.02. The lowest BCUT2D eigenvalue weighted by Crippen LogP contribution is -2.36. The van der Waals surface area contributed by atoms with Crippen molar-refractivity contribution in [1.82, 2.24) is 4.90 Å². The Bertz CT molecular complexity index is 361. The molecule has 0 bridgehead atoms. The van der Waals surface area contributed by atoms with E-state index in [4.69, 9.17) is 4.74 Å². The van der Waals surface area contributed by atoms with Gasteiger partial charge in [-0.3, -0.25) is 0 Å². The average Bonchev–Trinajstić information content (AvgIpc) is 2.73. The van der Waals surface area contributed by atoms with Crippen molar-refractivity contribution in [3.8, 4) is 0 Å². The van der Waals surface area contributed by atoms with Gasteiger partial charge in [-0.2, -0.15) is 0 Å². The van der Waals surface area contributed by atoms with Crippen LogP contribution < -0.4 is 0 Å². The molecule has 0 radical (unpaired) electrons. The Kier molecular flexibility index (Phi) is 5.21. The number of ether oxygens (including phenoxy) is 1. The van der Waals surface area contributed by atoms with E-state index in [1.165, 1.54) is 32.1 Å². The van der Waals surface area contributed by atoms with Crippen molar-refractivity contribution in [2.24, 2.45) is 23.7 Å². The number of likely N-dealkylation sites (tertiary alicyclic amines) is 1. The van der Waals surface area contributed by atoms with E-state index in [9.17, 15) is 4.79 Å². The Labute approximate surface area is 130 Å². The summed E-state index contributed by atoms with van der Waals surface area (Å²) >= 11 is 0. The van der Waals surface area contributed by atoms with Crippen LogP contribution in [0, 0.1) is 23.7 Å². The summed E-state index contributed by atoms with van der Waals surface area (Å²) < 4.78 is 5.57. The summed E-state index contributed by atoms with van der Waals surface area (Å²) in [6.07, 6.45) is 6.43. The molecule has 4 atom stereocenters. The maximum atomic E-state index is 12.3. The highest BCUT2D eigenvalue weighted by Crippen LogP contribution is 2.44. The van der Waals surface area contributed by atoms with E-state index in [0.29, 0.717) is 11.8 Å². The predicted octanol–water partition coefficient (Wildman–Crippen LogP) is 4.71. The summed E-state index contributed by atoms with van der Waals surface area (Å²) in [5, 5.41) is 0. The zero-order valence-corrected chi connectivity index (χ0v) is 14.5. The molecule has 1 heterocycles. The zero-order valence-electron chi connectivity index (χ0n) is 14.5. The number of rotatable bonds is 2. The van der Waals surface area contributed by atoms with Gasteiger partial charge >= 0.3 is 6.09 Å². The third-order valence-corrected chi connectivity index (χ3v) is 5.44. The lowest BCUT2D eigenvalue weighted by atomic mass is 9.75. The highest BCUT2D eigenvalue weighted by atomic mass is 16.6. The molecule has 0 spiro atoms. The average molecular weight is 295 g/mol. The molecule has 0 aromatic carbocycles. The van der Waals surface area contributed by atoms with E-state index in [1.807, 2.05) is 25.7 Å². The van der Waals surface area contributed by atoms with Gasteiger partial charge < -0.3 is 9.64 Å². The summed E-state index contributed by atoms with van der Waals surface area (Å²) in [6, 6.07) is 0. The molecule has 4 unspecified atom stereocenters. The summed E-state index contributed by atoms with van der Waals surface area (Å²) in [5.41, 5.74) is -0.391. The predicted molar refractivity (Wildman–Crippen MR) is 86.2 cm³/mol. The van der Waals surface area contributed by atoms with Crippen LogP contribution in [0.2, 0.25) is 0 Å². The van der Waals surface area contributed by atoms with Crippen molar-refractivity contribution in [1.29, 1.82) is 0 Å². The van der Waals surface area contributed by atoms with Crippen LogP contribution in [0.5, 0.6) is 0 Å². The van der Waals surface area contributed by atoms with E-state index in [0.717, 1.165) is 24.9 Å². The van der Waals surface area contributed by atoms with E-state index in [-0.39, 0.29) is 6.09 Å². The quantitative estimate of drug-likeness (QED) is 0.738. The first-order chi connectivity index (χ1) is 9.85. The smallest absolute Gasteiger partial charge is 0.410 e. The van der Waals surface area contributed by atoms with Crippen molar-refractivity contribution in [3.63, 3.8) is 0 Å². The molecule has 1 saturated carbocycles. The van der Waals surface area contributed by atoms with Gasteiger partial charge in [0.25, 0.3) is 0 Å². The lowest BCUT2D eigenvalue weighted by Gasteiger charge is -2.30. The monoisotopic (exact) mass is 295 g/mol. The molecule has 2 fully saturated rings. The molecule has 1 aliphatic carbocycles. The maximum absolute atomic E-state index is 12.3. The Morgan fingerprint density at radius 2 is 1.86 bits per heavy atom. The second kappa shape index (κ2) is 6.58. The van der Waals surface area contributed by atoms with Gasteiger partial charge in [0.05, 0.1) is 0 Å². The molecule has 1 amide bonds. The minimum absolute atomic E-state index is 0.113. The number of hydrogen-bond donors (Lipinski definition) is 0. The topological polar surface area (TPSA) is 29.5 Å². The van der Waals surface area contributed by atoms with Gasteiger partial charge in [0, 0.05) is 13.1 Å². The summed E-state index contributed by atoms with van der Waals surface area (Å²) in [7, 11) is 0. The van der Waals surface area contributed by atoms with Crippen LogP contribution in [0.3, 0.4) is 0 Å². The largest absolute Gasteiger partial charge is 0.444 e. The number of fused-ring (bicyclic) bond motifs is 1. The Hall–Kier alpha value is -0.730. The summed E-state index contributed by atoms with van der Waals surface area (Å²) in [4.78, 5) is 14.3. The second-order valence-corrected chi connectivity index (χ2v) is 7.98. The van der Waals surface area contributed by atoms with Crippen molar-refractivity contribution in [2.75, 3.05) is 13.1 Å². The summed E-state index contributed by atoms with van der Waals surface area (Å²) in [6.45, 7) is 12.3. The van der Waals surface area contributed by atoms with Gasteiger partial charge in [0.15, 0.2) is 0 Å². The van der Waals surface area contributed by atoms with Crippen LogP contribution in [0.4, 0.5) is 4.79 Å². The minimum atomic E-state index is -0.391. The minimum Gasteiger partial charge on any atom is -0.444 e. The first-order valence-corrected chi connectivity index (χ1v) is 8.83. The Balaban J connectivity index is 2.05. The van der Waals surface area contributed by atoms with Crippen molar-refractivity contribution in [2.45, 2.75) is 72.3 Å². The molecule has 0 aromatic rings. The van der Waals surface area contributed by atoms with E-state index in [2.05, 4.69) is 13.8 Å². The van der Waals surface area contributed by atoms with E-state index in [1.54, 1.807) is 0 Å². The lowest BCUT2D eigenvalue weighted by molar-refractivity contribution is 0.0275. The number of hydrogen-bond acceptors (Lipinski definition) is 2. The van der Waals surface area contributed by atoms with E-state index >= 15 is 0 Å². The molecule has 2 rings (SSSR count). The fourth-order valence-electron chi connectivity index (χ4n) is 4.51. The van der Waals surface area contributed by atoms with Crippen LogP contribution in [0.15, 0.2) is 0 Å². The Morgan fingerprint density at radius 1 is 1.14 bits per heavy atom. The van der Waals surface area contributed by atoms with Gasteiger partial charge in [-0.15, -0.1) is 0 Å². The fraction of sp³-hybridized carbons (Fsp3) is 0.944. The number of nitrogens with zero attached hydrogens (tertiary/aromatic N) is 1. The molecule has 1 saturated heterocycles. The third-order valence-electron chi connectivity index (χ3n) is 5.44. The zero-order chi connectivity index (χ0) is 15.6. The fourth-order valence-corrected chi connectivity index (χ4v) is 4.51. The van der Waals surface area contributed by atoms with Crippen LogP contribution in [-0.2, 0) is 4.74 Å². The number of carbonyl (C=O) groups excluding carboxylic acids is 1. The highest BCUT2D eigenvalue weighted by molar-refractivity contribution is 5.68. The van der Waals surface area contributed by atoms with Crippen molar-refractivity contribution in [3.05, 3.63) is 0 Å². The number of carbonyl (C=O) groups is 1. The second-order valence-electron chi connectivity index (χ2n) is 7.98. The van der Waals surface area contributed by atoms with Gasteiger partial charge in [-0.05, 0) is 50.9 Å². The first kappa shape index (κ1) is 16.6. The van der Waals surface area contributed by atoms with Crippen LogP contribution in [-0.4, -0.2) is 29.7 Å². The van der Waals surface area contributed by atoms with Crippen LogP contribution in [0.1, 0.15) is 66.7 Å². The molecular weight excluding hydrogens is 262 g/mol.